The summed E-state index contributed by atoms with van der Waals surface area (Å²) in [6.07, 6.45) is -0.647. The van der Waals surface area contributed by atoms with Crippen LogP contribution in [0.3, 0.4) is 0 Å². The summed E-state index contributed by atoms with van der Waals surface area (Å²) in [5.41, 5.74) is 4.90. The first-order chi connectivity index (χ1) is 8.90. The average molecular weight is 340 g/mol. The van der Waals surface area contributed by atoms with Crippen LogP contribution in [0.4, 0.5) is 0 Å². The number of rotatable bonds is 2. The highest BCUT2D eigenvalue weighted by molar-refractivity contribution is 9.10. The van der Waals surface area contributed by atoms with E-state index in [1.54, 1.807) is 0 Å². The smallest absolute Gasteiger partial charge is 0.105 e. The summed E-state index contributed by atoms with van der Waals surface area (Å²) < 4.78 is 0.923. The van der Waals surface area contributed by atoms with Gasteiger partial charge in [-0.05, 0) is 60.7 Å². The van der Waals surface area contributed by atoms with Crippen molar-refractivity contribution in [3.63, 3.8) is 0 Å². The molecule has 0 saturated carbocycles. The molecule has 0 aromatic heterocycles. The fraction of sp³-hybridized carbons (Fsp3) is 0.250. The summed E-state index contributed by atoms with van der Waals surface area (Å²) in [6.45, 7) is 5.94. The fourth-order valence-corrected chi connectivity index (χ4v) is 3.05. The number of hydrogen-bond donors (Lipinski definition) is 1. The Hall–Kier alpha value is -0.830. The van der Waals surface area contributed by atoms with Crippen molar-refractivity contribution < 1.29 is 5.11 Å². The quantitative estimate of drug-likeness (QED) is 0.806. The molecule has 2 aromatic carbocycles. The van der Waals surface area contributed by atoms with Crippen molar-refractivity contribution in [3.8, 4) is 0 Å². The first-order valence-corrected chi connectivity index (χ1v) is 7.28. The van der Waals surface area contributed by atoms with Crippen LogP contribution < -0.4 is 0 Å². The van der Waals surface area contributed by atoms with Gasteiger partial charge in [0.05, 0.1) is 0 Å². The maximum atomic E-state index is 10.6. The molecule has 1 nitrogen and oxygen atoms in total. The Balaban J connectivity index is 2.49. The maximum Gasteiger partial charge on any atom is 0.105 e. The van der Waals surface area contributed by atoms with Gasteiger partial charge in [0.1, 0.15) is 6.10 Å². The molecular weight excluding hydrogens is 324 g/mol. The third kappa shape index (κ3) is 3.02. The summed E-state index contributed by atoms with van der Waals surface area (Å²) >= 11 is 9.61. The third-order valence-corrected chi connectivity index (χ3v) is 4.39. The third-order valence-electron chi connectivity index (χ3n) is 3.29. The topological polar surface area (TPSA) is 20.2 Å². The fourth-order valence-electron chi connectivity index (χ4n) is 2.12. The van der Waals surface area contributed by atoms with Crippen molar-refractivity contribution in [2.75, 3.05) is 0 Å². The lowest BCUT2D eigenvalue weighted by Gasteiger charge is -2.17. The molecule has 1 N–H and O–H groups in total. The maximum absolute atomic E-state index is 10.6. The van der Waals surface area contributed by atoms with Crippen LogP contribution in [0.25, 0.3) is 0 Å². The molecular formula is C16H16BrClO. The van der Waals surface area contributed by atoms with Gasteiger partial charge >= 0.3 is 0 Å². The van der Waals surface area contributed by atoms with E-state index in [9.17, 15) is 5.11 Å². The van der Waals surface area contributed by atoms with Crippen molar-refractivity contribution in [2.45, 2.75) is 26.9 Å². The lowest BCUT2D eigenvalue weighted by Crippen LogP contribution is -2.04. The van der Waals surface area contributed by atoms with Gasteiger partial charge in [-0.1, -0.05) is 45.7 Å². The summed E-state index contributed by atoms with van der Waals surface area (Å²) in [5, 5.41) is 11.3. The van der Waals surface area contributed by atoms with Gasteiger partial charge in [0, 0.05) is 9.50 Å². The van der Waals surface area contributed by atoms with Crippen LogP contribution in [-0.2, 0) is 0 Å². The van der Waals surface area contributed by atoms with Gasteiger partial charge in [0.2, 0.25) is 0 Å². The molecule has 0 heterocycles. The molecule has 0 amide bonds. The molecule has 100 valence electrons. The first kappa shape index (κ1) is 14.6. The zero-order valence-electron chi connectivity index (χ0n) is 11.2. The zero-order valence-corrected chi connectivity index (χ0v) is 13.5. The second-order valence-corrected chi connectivity index (χ2v) is 6.15. The van der Waals surface area contributed by atoms with Crippen LogP contribution in [0.5, 0.6) is 0 Å². The minimum atomic E-state index is -0.647. The first-order valence-electron chi connectivity index (χ1n) is 6.11. The summed E-state index contributed by atoms with van der Waals surface area (Å²) in [6, 6.07) is 9.82. The van der Waals surface area contributed by atoms with Crippen LogP contribution in [0.15, 0.2) is 34.8 Å². The number of benzene rings is 2. The Bertz CT molecular complexity index is 622. The van der Waals surface area contributed by atoms with E-state index in [1.165, 1.54) is 0 Å². The van der Waals surface area contributed by atoms with E-state index < -0.39 is 6.10 Å². The molecule has 0 bridgehead atoms. The molecule has 2 aromatic rings. The SMILES string of the molecule is Cc1ccc(C(O)c2cc(C)c(Cl)cc2C)c(Br)c1. The molecule has 0 spiro atoms. The van der Waals surface area contributed by atoms with Crippen LogP contribution in [-0.4, -0.2) is 5.11 Å². The lowest BCUT2D eigenvalue weighted by molar-refractivity contribution is 0.218. The molecule has 3 heteroatoms. The predicted octanol–water partition coefficient (Wildman–Crippen LogP) is 5.11. The van der Waals surface area contributed by atoms with E-state index in [2.05, 4.69) is 15.9 Å². The van der Waals surface area contributed by atoms with E-state index in [0.29, 0.717) is 0 Å². The van der Waals surface area contributed by atoms with E-state index >= 15 is 0 Å². The predicted molar refractivity (Wildman–Crippen MR) is 83.9 cm³/mol. The number of aliphatic hydroxyl groups is 1. The second kappa shape index (κ2) is 5.66. The van der Waals surface area contributed by atoms with Gasteiger partial charge in [-0.15, -0.1) is 0 Å². The Labute approximate surface area is 127 Å². The highest BCUT2D eigenvalue weighted by atomic mass is 79.9. The Morgan fingerprint density at radius 1 is 1.00 bits per heavy atom. The minimum absolute atomic E-state index is 0.647. The van der Waals surface area contributed by atoms with Crippen molar-refractivity contribution in [1.82, 2.24) is 0 Å². The van der Waals surface area contributed by atoms with E-state index in [0.717, 1.165) is 37.3 Å². The molecule has 1 atom stereocenters. The van der Waals surface area contributed by atoms with Gasteiger partial charge in [-0.25, -0.2) is 0 Å². The van der Waals surface area contributed by atoms with Gasteiger partial charge in [-0.3, -0.25) is 0 Å². The minimum Gasteiger partial charge on any atom is -0.384 e. The summed E-state index contributed by atoms with van der Waals surface area (Å²) in [5.74, 6) is 0. The monoisotopic (exact) mass is 338 g/mol. The number of aliphatic hydroxyl groups excluding tert-OH is 1. The molecule has 1 unspecified atom stereocenters. The van der Waals surface area contributed by atoms with Gasteiger partial charge in [0.25, 0.3) is 0 Å². The Kier molecular flexibility index (Phi) is 4.34. The van der Waals surface area contributed by atoms with Crippen LogP contribution >= 0.6 is 27.5 Å². The average Bonchev–Trinajstić information content (AvgIpc) is 2.33. The zero-order chi connectivity index (χ0) is 14.2. The van der Waals surface area contributed by atoms with Gasteiger partial charge in [0.15, 0.2) is 0 Å². The highest BCUT2D eigenvalue weighted by Gasteiger charge is 2.16. The molecule has 0 radical (unpaired) electrons. The lowest BCUT2D eigenvalue weighted by atomic mass is 9.95. The number of hydrogen-bond acceptors (Lipinski definition) is 1. The van der Waals surface area contributed by atoms with Crippen LogP contribution in [0, 0.1) is 20.8 Å². The van der Waals surface area contributed by atoms with Crippen molar-refractivity contribution in [1.29, 1.82) is 0 Å². The van der Waals surface area contributed by atoms with E-state index in [4.69, 9.17) is 11.6 Å². The normalized spacial score (nSPS) is 12.5. The van der Waals surface area contributed by atoms with E-state index in [1.807, 2.05) is 51.1 Å². The van der Waals surface area contributed by atoms with Crippen LogP contribution in [0.2, 0.25) is 5.02 Å². The molecule has 0 aliphatic carbocycles. The Morgan fingerprint density at radius 2 is 1.68 bits per heavy atom. The molecule has 0 aliphatic heterocycles. The Morgan fingerprint density at radius 3 is 2.32 bits per heavy atom. The molecule has 0 fully saturated rings. The standard InChI is InChI=1S/C16H16BrClO/c1-9-4-5-12(14(17)6-9)16(19)13-7-11(3)15(18)8-10(13)2/h4-8,16,19H,1-3H3. The van der Waals surface area contributed by atoms with Gasteiger partial charge < -0.3 is 5.11 Å². The molecule has 0 saturated heterocycles. The number of halogens is 2. The van der Waals surface area contributed by atoms with E-state index in [-0.39, 0.29) is 0 Å². The highest BCUT2D eigenvalue weighted by Crippen LogP contribution is 2.33. The largest absolute Gasteiger partial charge is 0.384 e. The van der Waals surface area contributed by atoms with Crippen LogP contribution in [0.1, 0.15) is 33.9 Å². The number of aryl methyl sites for hydroxylation is 3. The second-order valence-electron chi connectivity index (χ2n) is 4.89. The molecule has 19 heavy (non-hydrogen) atoms. The summed E-state index contributed by atoms with van der Waals surface area (Å²) in [4.78, 5) is 0. The van der Waals surface area contributed by atoms with Crippen molar-refractivity contribution in [3.05, 3.63) is 67.6 Å². The van der Waals surface area contributed by atoms with Crippen molar-refractivity contribution >= 4 is 27.5 Å². The van der Waals surface area contributed by atoms with Crippen molar-refractivity contribution in [2.24, 2.45) is 0 Å². The summed E-state index contributed by atoms with van der Waals surface area (Å²) in [7, 11) is 0. The van der Waals surface area contributed by atoms with Gasteiger partial charge in [-0.2, -0.15) is 0 Å². The molecule has 0 aliphatic rings. The molecule has 2 rings (SSSR count).